The van der Waals surface area contributed by atoms with Gasteiger partial charge in [-0.1, -0.05) is 0 Å². The van der Waals surface area contributed by atoms with Gasteiger partial charge in [-0.2, -0.15) is 0 Å². The summed E-state index contributed by atoms with van der Waals surface area (Å²) in [5.74, 6) is 0.0217. The lowest BCUT2D eigenvalue weighted by atomic mass is 10.1. The van der Waals surface area contributed by atoms with Crippen LogP contribution in [0.2, 0.25) is 0 Å². The molecule has 1 aromatic heterocycles. The lowest BCUT2D eigenvalue weighted by Crippen LogP contribution is -2.57. The number of piperazine rings is 1. The zero-order chi connectivity index (χ0) is 21.5. The molecule has 162 valence electrons. The largest absolute Gasteiger partial charge is 0.493 e. The molecule has 1 unspecified atom stereocenters. The number of amides is 1. The Balaban J connectivity index is 1.23. The SMILES string of the molecule is C[C@@H]1CN(c2ccc3c(c2)CCO3)CCN1C(=O)C(O)Nc1ccc2[nH]c(=O)oc2c1. The number of fused-ring (bicyclic) bond motifs is 2. The summed E-state index contributed by atoms with van der Waals surface area (Å²) < 4.78 is 10.6. The Morgan fingerprint density at radius 1 is 1.26 bits per heavy atom. The molecule has 0 aliphatic carbocycles. The Kier molecular flexibility index (Phi) is 4.82. The summed E-state index contributed by atoms with van der Waals surface area (Å²) in [4.78, 5) is 30.7. The number of hydrogen-bond donors (Lipinski definition) is 3. The van der Waals surface area contributed by atoms with Crippen LogP contribution in [0.1, 0.15) is 12.5 Å². The van der Waals surface area contributed by atoms with E-state index < -0.39 is 12.0 Å². The van der Waals surface area contributed by atoms with E-state index in [1.165, 1.54) is 5.56 Å². The monoisotopic (exact) mass is 424 g/mol. The molecule has 0 saturated carbocycles. The Bertz CT molecular complexity index is 1190. The molecule has 0 spiro atoms. The molecule has 2 aliphatic rings. The number of aliphatic hydroxyl groups excluding tert-OH is 1. The smallest absolute Gasteiger partial charge is 0.417 e. The third kappa shape index (κ3) is 3.72. The predicted molar refractivity (Wildman–Crippen MR) is 115 cm³/mol. The van der Waals surface area contributed by atoms with Crippen LogP contribution in [0.15, 0.2) is 45.6 Å². The molecule has 5 rings (SSSR count). The summed E-state index contributed by atoms with van der Waals surface area (Å²) in [7, 11) is 0. The van der Waals surface area contributed by atoms with Crippen LogP contribution in [-0.4, -0.2) is 59.4 Å². The number of H-pyrrole nitrogens is 1. The second kappa shape index (κ2) is 7.66. The predicted octanol–water partition coefficient (Wildman–Crippen LogP) is 1.52. The summed E-state index contributed by atoms with van der Waals surface area (Å²) >= 11 is 0. The van der Waals surface area contributed by atoms with E-state index in [0.717, 1.165) is 24.5 Å². The van der Waals surface area contributed by atoms with Crippen LogP contribution < -0.4 is 20.7 Å². The third-order valence-corrected chi connectivity index (χ3v) is 5.91. The second-order valence-corrected chi connectivity index (χ2v) is 7.99. The summed E-state index contributed by atoms with van der Waals surface area (Å²) in [6.45, 7) is 4.58. The van der Waals surface area contributed by atoms with Crippen molar-refractivity contribution in [3.63, 3.8) is 0 Å². The van der Waals surface area contributed by atoms with Gasteiger partial charge in [-0.25, -0.2) is 4.79 Å². The highest BCUT2D eigenvalue weighted by molar-refractivity contribution is 5.85. The van der Waals surface area contributed by atoms with Gasteiger partial charge in [-0.3, -0.25) is 9.78 Å². The van der Waals surface area contributed by atoms with Gasteiger partial charge in [-0.05, 0) is 42.8 Å². The zero-order valence-electron chi connectivity index (χ0n) is 17.1. The van der Waals surface area contributed by atoms with E-state index >= 15 is 0 Å². The quantitative estimate of drug-likeness (QED) is 0.545. The highest BCUT2D eigenvalue weighted by Gasteiger charge is 2.31. The van der Waals surface area contributed by atoms with Gasteiger partial charge in [0.15, 0.2) is 5.58 Å². The molecule has 9 heteroatoms. The van der Waals surface area contributed by atoms with E-state index in [2.05, 4.69) is 27.3 Å². The average Bonchev–Trinajstić information content (AvgIpc) is 3.37. The van der Waals surface area contributed by atoms with Gasteiger partial charge in [-0.15, -0.1) is 0 Å². The van der Waals surface area contributed by atoms with Crippen molar-refractivity contribution in [2.24, 2.45) is 0 Å². The van der Waals surface area contributed by atoms with Crippen LogP contribution in [0.3, 0.4) is 0 Å². The fraction of sp³-hybridized carbons (Fsp3) is 0.364. The van der Waals surface area contributed by atoms with E-state index in [0.29, 0.717) is 36.4 Å². The lowest BCUT2D eigenvalue weighted by Gasteiger charge is -2.41. The Morgan fingerprint density at radius 2 is 2.13 bits per heavy atom. The van der Waals surface area contributed by atoms with Gasteiger partial charge in [0.05, 0.1) is 12.1 Å². The van der Waals surface area contributed by atoms with Crippen LogP contribution in [0, 0.1) is 0 Å². The first-order valence-electron chi connectivity index (χ1n) is 10.4. The number of aliphatic hydroxyl groups is 1. The van der Waals surface area contributed by atoms with Crippen molar-refractivity contribution in [2.75, 3.05) is 36.5 Å². The third-order valence-electron chi connectivity index (χ3n) is 5.91. The Morgan fingerprint density at radius 3 is 2.97 bits per heavy atom. The molecular formula is C22H24N4O5. The molecule has 9 nitrogen and oxygen atoms in total. The number of nitrogens with zero attached hydrogens (tertiary/aromatic N) is 2. The highest BCUT2D eigenvalue weighted by atomic mass is 16.5. The molecule has 2 atom stereocenters. The van der Waals surface area contributed by atoms with E-state index in [1.54, 1.807) is 23.1 Å². The molecule has 31 heavy (non-hydrogen) atoms. The fourth-order valence-electron chi connectivity index (χ4n) is 4.30. The van der Waals surface area contributed by atoms with Crippen LogP contribution in [0.5, 0.6) is 5.75 Å². The van der Waals surface area contributed by atoms with Gasteiger partial charge in [0.1, 0.15) is 5.75 Å². The standard InChI is InChI=1S/C22H24N4O5/c1-13-12-25(16-3-5-18-14(10-16)6-9-30-18)7-8-26(13)21(28)20(27)23-15-2-4-17-19(11-15)31-22(29)24-17/h2-5,10-11,13,20,23,27H,6-9,12H2,1H3,(H,24,29)/t13-,20?/m1/s1. The van der Waals surface area contributed by atoms with Crippen LogP contribution in [0.25, 0.3) is 11.1 Å². The maximum atomic E-state index is 12.9. The molecule has 2 aromatic carbocycles. The van der Waals surface area contributed by atoms with Gasteiger partial charge in [0, 0.05) is 49.5 Å². The number of aromatic amines is 1. The summed E-state index contributed by atoms with van der Waals surface area (Å²) in [6.07, 6.45) is -0.471. The summed E-state index contributed by atoms with van der Waals surface area (Å²) in [5.41, 5.74) is 3.75. The van der Waals surface area contributed by atoms with E-state index in [-0.39, 0.29) is 11.9 Å². The van der Waals surface area contributed by atoms with Gasteiger partial charge < -0.3 is 29.4 Å². The molecule has 3 N–H and O–H groups in total. The summed E-state index contributed by atoms with van der Waals surface area (Å²) in [5, 5.41) is 13.3. The minimum absolute atomic E-state index is 0.0626. The number of carbonyl (C=O) groups excluding carboxylic acids is 1. The van der Waals surface area contributed by atoms with E-state index in [1.807, 2.05) is 13.0 Å². The van der Waals surface area contributed by atoms with Gasteiger partial charge in [0.2, 0.25) is 6.23 Å². The number of carbonyl (C=O) groups is 1. The van der Waals surface area contributed by atoms with E-state index in [4.69, 9.17) is 9.15 Å². The first-order chi connectivity index (χ1) is 15.0. The number of hydrogen-bond acceptors (Lipinski definition) is 7. The highest BCUT2D eigenvalue weighted by Crippen LogP contribution is 2.30. The maximum absolute atomic E-state index is 12.9. The molecular weight excluding hydrogens is 400 g/mol. The number of anilines is 2. The minimum atomic E-state index is -1.39. The number of benzene rings is 2. The fourth-order valence-corrected chi connectivity index (χ4v) is 4.30. The molecule has 1 fully saturated rings. The molecule has 2 aliphatic heterocycles. The molecule has 3 heterocycles. The Hall–Kier alpha value is -3.46. The maximum Gasteiger partial charge on any atom is 0.417 e. The van der Waals surface area contributed by atoms with Crippen LogP contribution in [-0.2, 0) is 11.2 Å². The zero-order valence-corrected chi connectivity index (χ0v) is 17.1. The van der Waals surface area contributed by atoms with Crippen molar-refractivity contribution in [2.45, 2.75) is 25.6 Å². The first-order valence-corrected chi connectivity index (χ1v) is 10.4. The van der Waals surface area contributed by atoms with Crippen molar-refractivity contribution >= 4 is 28.4 Å². The van der Waals surface area contributed by atoms with Crippen molar-refractivity contribution in [3.8, 4) is 5.75 Å². The number of nitrogens with one attached hydrogen (secondary N) is 2. The van der Waals surface area contributed by atoms with Crippen molar-refractivity contribution < 1.29 is 19.1 Å². The van der Waals surface area contributed by atoms with Gasteiger partial charge in [0.25, 0.3) is 5.91 Å². The number of oxazole rings is 1. The molecule has 1 saturated heterocycles. The Labute approximate surface area is 178 Å². The first kappa shape index (κ1) is 19.5. The molecule has 0 radical (unpaired) electrons. The average molecular weight is 424 g/mol. The van der Waals surface area contributed by atoms with Crippen LogP contribution >= 0.6 is 0 Å². The molecule has 3 aromatic rings. The van der Waals surface area contributed by atoms with Crippen molar-refractivity contribution in [3.05, 3.63) is 52.5 Å². The topological polar surface area (TPSA) is 111 Å². The number of aromatic nitrogens is 1. The normalized spacial score (nSPS) is 19.2. The lowest BCUT2D eigenvalue weighted by molar-refractivity contribution is -0.141. The number of ether oxygens (including phenoxy) is 1. The molecule has 0 bridgehead atoms. The summed E-state index contributed by atoms with van der Waals surface area (Å²) in [6, 6.07) is 11.1. The second-order valence-electron chi connectivity index (χ2n) is 7.99. The van der Waals surface area contributed by atoms with Gasteiger partial charge >= 0.3 is 5.76 Å². The minimum Gasteiger partial charge on any atom is -0.493 e. The van der Waals surface area contributed by atoms with Crippen molar-refractivity contribution in [1.29, 1.82) is 0 Å². The van der Waals surface area contributed by atoms with Crippen LogP contribution in [0.4, 0.5) is 11.4 Å². The molecule has 1 amide bonds. The van der Waals surface area contributed by atoms with Crippen molar-refractivity contribution in [1.82, 2.24) is 9.88 Å². The number of rotatable bonds is 4. The van der Waals surface area contributed by atoms with E-state index in [9.17, 15) is 14.7 Å².